The van der Waals surface area contributed by atoms with E-state index in [0.29, 0.717) is 17.5 Å². The van der Waals surface area contributed by atoms with E-state index in [0.717, 1.165) is 0 Å². The van der Waals surface area contributed by atoms with Crippen LogP contribution in [0, 0.1) is 17.8 Å². The van der Waals surface area contributed by atoms with Gasteiger partial charge in [-0.1, -0.05) is 72.2 Å². The predicted octanol–water partition coefficient (Wildman–Crippen LogP) is -1.11. The summed E-state index contributed by atoms with van der Waals surface area (Å²) in [7, 11) is 0. The molecule has 0 aliphatic heterocycles. The summed E-state index contributed by atoms with van der Waals surface area (Å²) < 4.78 is 0. The number of carboxylic acids is 3. The molecule has 9 amide bonds. The molecule has 0 unspecified atom stereocenters. The van der Waals surface area contributed by atoms with Gasteiger partial charge in [0.2, 0.25) is 53.2 Å². The van der Waals surface area contributed by atoms with E-state index in [2.05, 4.69) is 42.5 Å². The van der Waals surface area contributed by atoms with Crippen molar-refractivity contribution in [2.45, 2.75) is 154 Å². The van der Waals surface area contributed by atoms with Crippen molar-refractivity contribution in [1.82, 2.24) is 42.5 Å². The van der Waals surface area contributed by atoms with Crippen molar-refractivity contribution in [2.24, 2.45) is 29.2 Å². The molecule has 28 heteroatoms. The molecule has 2 aromatic rings. The van der Waals surface area contributed by atoms with Crippen LogP contribution >= 0.6 is 11.8 Å². The summed E-state index contributed by atoms with van der Waals surface area (Å²) in [6.45, 7) is 10.2. The van der Waals surface area contributed by atoms with Crippen LogP contribution in [0.1, 0.15) is 97.6 Å². The Hall–Kier alpha value is -8.01. The number of carbonyl (C=O) groups excluding carboxylic acids is 9. The molecule has 81 heavy (non-hydrogen) atoms. The summed E-state index contributed by atoms with van der Waals surface area (Å²) in [6, 6.07) is -3.06. The Morgan fingerprint density at radius 1 is 0.506 bits per heavy atom. The lowest BCUT2D eigenvalue weighted by Crippen LogP contribution is -2.61. The minimum absolute atomic E-state index is 0.0789. The van der Waals surface area contributed by atoms with Crippen molar-refractivity contribution in [1.29, 1.82) is 0 Å². The van der Waals surface area contributed by atoms with Crippen molar-refractivity contribution in [3.8, 4) is 11.5 Å². The van der Waals surface area contributed by atoms with Crippen LogP contribution in [-0.2, 0) is 70.4 Å². The number of primary amides is 1. The number of benzene rings is 2. The molecule has 0 aliphatic rings. The van der Waals surface area contributed by atoms with E-state index in [1.807, 2.05) is 0 Å². The molecule has 0 spiro atoms. The van der Waals surface area contributed by atoms with Gasteiger partial charge in [0.1, 0.15) is 59.8 Å². The van der Waals surface area contributed by atoms with E-state index in [-0.39, 0.29) is 54.8 Å². The van der Waals surface area contributed by atoms with Gasteiger partial charge in [0.05, 0.1) is 18.9 Å². The van der Waals surface area contributed by atoms with Gasteiger partial charge in [-0.05, 0) is 84.4 Å². The van der Waals surface area contributed by atoms with Crippen LogP contribution in [0.3, 0.4) is 0 Å². The highest BCUT2D eigenvalue weighted by atomic mass is 32.2. The molecule has 0 radical (unpaired) electrons. The van der Waals surface area contributed by atoms with Crippen molar-refractivity contribution in [2.75, 3.05) is 12.0 Å². The Bertz CT molecular complexity index is 2520. The second-order valence-corrected chi connectivity index (χ2v) is 21.2. The van der Waals surface area contributed by atoms with E-state index in [1.165, 1.54) is 60.3 Å². The normalized spacial score (nSPS) is 14.8. The highest BCUT2D eigenvalue weighted by Gasteiger charge is 2.37. The Balaban J connectivity index is 2.60. The summed E-state index contributed by atoms with van der Waals surface area (Å²) >= 11 is 1.21. The maximum absolute atomic E-state index is 14.5. The molecule has 0 fully saturated rings. The molecule has 2 rings (SSSR count). The fraction of sp³-hybridized carbons (Fsp3) is 0.547. The summed E-state index contributed by atoms with van der Waals surface area (Å²) in [6.07, 6.45) is -1.97. The van der Waals surface area contributed by atoms with Crippen LogP contribution in [-0.4, -0.2) is 163 Å². The average molecular weight is 1160 g/mol. The van der Waals surface area contributed by atoms with E-state index >= 15 is 0 Å². The largest absolute Gasteiger partial charge is 0.508 e. The van der Waals surface area contributed by atoms with E-state index in [4.69, 9.17) is 11.5 Å². The molecule has 27 nitrogen and oxygen atoms in total. The SMILES string of the molecule is CC[C@H](C)[C@H](NC(=O)[C@@H](N)C(C)C)C(=O)N[C@@H](Cc1ccc(O)cc1)C(=O)N[C@@H](CCC(N)=O)C(=O)N[C@@H](Cc1ccc(O)cc1)C(=O)N[C@@H](CCSC)C(=O)N[C@@H](CC(=O)O)C(=O)N[C@@H](CC(=O)O)C(=O)N[C@@H](CC(C)C)C(=O)O. The number of aliphatic carboxylic acids is 3. The number of nitrogens with one attached hydrogen (secondary N) is 8. The molecule has 0 bridgehead atoms. The van der Waals surface area contributed by atoms with Crippen molar-refractivity contribution < 1.29 is 83.1 Å². The third-order valence-corrected chi connectivity index (χ3v) is 13.4. The fourth-order valence-electron chi connectivity index (χ4n) is 7.82. The number of rotatable bonds is 36. The molecule has 448 valence electrons. The van der Waals surface area contributed by atoms with Gasteiger partial charge in [0, 0.05) is 19.3 Å². The van der Waals surface area contributed by atoms with E-state index in [1.54, 1.807) is 47.8 Å². The monoisotopic (exact) mass is 1160 g/mol. The number of hydrogen-bond acceptors (Lipinski definition) is 16. The van der Waals surface area contributed by atoms with Crippen molar-refractivity contribution in [3.05, 3.63) is 59.7 Å². The first-order valence-corrected chi connectivity index (χ1v) is 27.5. The zero-order valence-corrected chi connectivity index (χ0v) is 47.1. The van der Waals surface area contributed by atoms with Crippen LogP contribution in [0.25, 0.3) is 0 Å². The third-order valence-electron chi connectivity index (χ3n) is 12.7. The molecule has 0 aliphatic carbocycles. The van der Waals surface area contributed by atoms with Crippen LogP contribution in [0.2, 0.25) is 0 Å². The zero-order valence-electron chi connectivity index (χ0n) is 46.3. The number of phenolic OH excluding ortho intramolecular Hbond substituents is 2. The summed E-state index contributed by atoms with van der Waals surface area (Å²) in [4.78, 5) is 159. The maximum Gasteiger partial charge on any atom is 0.326 e. The topological polar surface area (TPSA) is 454 Å². The Morgan fingerprint density at radius 2 is 0.877 bits per heavy atom. The first kappa shape index (κ1) is 69.1. The third kappa shape index (κ3) is 24.9. The molecule has 0 saturated carbocycles. The van der Waals surface area contributed by atoms with Gasteiger partial charge in [0.15, 0.2) is 0 Å². The highest BCUT2D eigenvalue weighted by molar-refractivity contribution is 7.98. The van der Waals surface area contributed by atoms with Crippen molar-refractivity contribution >= 4 is 82.8 Å². The molecular weight excluding hydrogens is 1080 g/mol. The number of aromatic hydroxyl groups is 2. The van der Waals surface area contributed by atoms with Crippen LogP contribution < -0.4 is 54.0 Å². The minimum Gasteiger partial charge on any atom is -0.508 e. The van der Waals surface area contributed by atoms with E-state index in [9.17, 15) is 83.1 Å². The molecule has 0 aromatic heterocycles. The standard InChI is InChI=1S/C53H78N10O17S/c1-8-28(6)44(63-51(77)43(55)27(4)5)52(78)61-36(23-30-11-15-32(65)16-12-30)48(74)56-33(17-18-40(54)66)45(71)58-35(22-29-9-13-31(64)14-10-29)47(73)57-34(19-20-81-7)46(72)59-37(24-41(67)68)49(75)60-38(25-42(69)70)50(76)62-39(53(79)80)21-26(2)3/h9-16,26-28,33-39,43-44,64-65H,8,17-25,55H2,1-7H3,(H2,54,66)(H,56,74)(H,57,73)(H,58,71)(H,59,72)(H,60,75)(H,61,78)(H,62,76)(H,63,77)(H,67,68)(H,69,70)(H,79,80)/t28-,33-,34-,35-,36-,37-,38-,39-,43-,44-/m0/s1. The quantitative estimate of drug-likeness (QED) is 0.0385. The Kier molecular flexibility index (Phi) is 29.2. The minimum atomic E-state index is -2.02. The number of carbonyl (C=O) groups is 12. The fourth-order valence-corrected chi connectivity index (χ4v) is 8.30. The van der Waals surface area contributed by atoms with Gasteiger partial charge < -0.3 is 79.5 Å². The van der Waals surface area contributed by atoms with E-state index < -0.39 is 157 Å². The molecular formula is C53H78N10O17S. The van der Waals surface area contributed by atoms with Gasteiger partial charge in [-0.2, -0.15) is 11.8 Å². The first-order valence-electron chi connectivity index (χ1n) is 26.1. The number of thioether (sulfide) groups is 1. The lowest BCUT2D eigenvalue weighted by atomic mass is 9.95. The number of carboxylic acid groups (broad SMARTS) is 3. The van der Waals surface area contributed by atoms with Gasteiger partial charge in [-0.15, -0.1) is 0 Å². The smallest absolute Gasteiger partial charge is 0.326 e. The molecule has 0 heterocycles. The van der Waals surface area contributed by atoms with Crippen LogP contribution in [0.15, 0.2) is 48.5 Å². The summed E-state index contributed by atoms with van der Waals surface area (Å²) in [5, 5.41) is 68.3. The molecule has 10 atom stereocenters. The first-order chi connectivity index (χ1) is 38.0. The highest BCUT2D eigenvalue weighted by Crippen LogP contribution is 2.17. The lowest BCUT2D eigenvalue weighted by Gasteiger charge is -2.29. The number of hydrogen-bond donors (Lipinski definition) is 15. The number of amides is 9. The summed E-state index contributed by atoms with van der Waals surface area (Å²) in [5.41, 5.74) is 12.3. The Labute approximate surface area is 473 Å². The average Bonchev–Trinajstić information content (AvgIpc) is 3.39. The molecule has 0 saturated heterocycles. The lowest BCUT2D eigenvalue weighted by molar-refractivity contribution is -0.145. The molecule has 17 N–H and O–H groups in total. The van der Waals surface area contributed by atoms with Gasteiger partial charge >= 0.3 is 17.9 Å². The van der Waals surface area contributed by atoms with Gasteiger partial charge in [0.25, 0.3) is 0 Å². The van der Waals surface area contributed by atoms with Gasteiger partial charge in [-0.3, -0.25) is 52.7 Å². The maximum atomic E-state index is 14.5. The molecule has 2 aromatic carbocycles. The number of phenols is 2. The van der Waals surface area contributed by atoms with Crippen molar-refractivity contribution in [3.63, 3.8) is 0 Å². The number of nitrogens with two attached hydrogens (primary N) is 2. The Morgan fingerprint density at radius 3 is 1.25 bits per heavy atom. The van der Waals surface area contributed by atoms with Gasteiger partial charge in [-0.25, -0.2) is 4.79 Å². The summed E-state index contributed by atoms with van der Waals surface area (Å²) in [5.74, 6) is -15.0. The predicted molar refractivity (Wildman–Crippen MR) is 294 cm³/mol. The second kappa shape index (κ2) is 34.2. The zero-order chi connectivity index (χ0) is 61.3. The van der Waals surface area contributed by atoms with Crippen LogP contribution in [0.4, 0.5) is 0 Å². The second-order valence-electron chi connectivity index (χ2n) is 20.3. The van der Waals surface area contributed by atoms with Crippen LogP contribution in [0.5, 0.6) is 11.5 Å².